The SMILES string of the molecule is CCOCCN[C@H]1CCCC[C@@H]1C. The number of hydrogen-bond acceptors (Lipinski definition) is 2. The molecule has 1 fully saturated rings. The van der Waals surface area contributed by atoms with Crippen LogP contribution < -0.4 is 5.32 Å². The fourth-order valence-corrected chi connectivity index (χ4v) is 2.08. The lowest BCUT2D eigenvalue weighted by atomic mass is 9.86. The first-order valence-electron chi connectivity index (χ1n) is 5.65. The van der Waals surface area contributed by atoms with Crippen molar-refractivity contribution in [3.8, 4) is 0 Å². The first kappa shape index (κ1) is 11.0. The van der Waals surface area contributed by atoms with Gasteiger partial charge in [-0.05, 0) is 25.7 Å². The van der Waals surface area contributed by atoms with E-state index in [1.54, 1.807) is 0 Å². The first-order valence-corrected chi connectivity index (χ1v) is 5.65. The quantitative estimate of drug-likeness (QED) is 0.663. The van der Waals surface area contributed by atoms with Crippen LogP contribution in [0.1, 0.15) is 39.5 Å². The van der Waals surface area contributed by atoms with Gasteiger partial charge in [-0.15, -0.1) is 0 Å². The molecule has 0 saturated heterocycles. The third kappa shape index (κ3) is 4.10. The summed E-state index contributed by atoms with van der Waals surface area (Å²) in [7, 11) is 0. The van der Waals surface area contributed by atoms with Crippen LogP contribution in [0.5, 0.6) is 0 Å². The molecular formula is C11H23NO. The Kier molecular flexibility index (Phi) is 5.40. The fourth-order valence-electron chi connectivity index (χ4n) is 2.08. The zero-order valence-electron chi connectivity index (χ0n) is 9.01. The summed E-state index contributed by atoms with van der Waals surface area (Å²) in [6.45, 7) is 7.12. The Balaban J connectivity index is 2.05. The molecule has 13 heavy (non-hydrogen) atoms. The number of rotatable bonds is 5. The van der Waals surface area contributed by atoms with E-state index in [1.807, 2.05) is 6.92 Å². The lowest BCUT2D eigenvalue weighted by Gasteiger charge is -2.29. The topological polar surface area (TPSA) is 21.3 Å². The minimum Gasteiger partial charge on any atom is -0.380 e. The van der Waals surface area contributed by atoms with Gasteiger partial charge in [0, 0.05) is 19.2 Å². The summed E-state index contributed by atoms with van der Waals surface area (Å²) in [5.74, 6) is 0.857. The Labute approximate surface area is 82.0 Å². The molecule has 1 aliphatic carbocycles. The molecule has 0 aromatic rings. The van der Waals surface area contributed by atoms with Crippen LogP contribution in [0.2, 0.25) is 0 Å². The van der Waals surface area contributed by atoms with E-state index in [2.05, 4.69) is 12.2 Å². The molecule has 78 valence electrons. The van der Waals surface area contributed by atoms with Gasteiger partial charge in [0.25, 0.3) is 0 Å². The average Bonchev–Trinajstić information content (AvgIpc) is 2.15. The highest BCUT2D eigenvalue weighted by Crippen LogP contribution is 2.23. The molecule has 1 N–H and O–H groups in total. The highest BCUT2D eigenvalue weighted by molar-refractivity contribution is 4.77. The van der Waals surface area contributed by atoms with Gasteiger partial charge >= 0.3 is 0 Å². The highest BCUT2D eigenvalue weighted by atomic mass is 16.5. The van der Waals surface area contributed by atoms with Crippen LogP contribution in [0.3, 0.4) is 0 Å². The first-order chi connectivity index (χ1) is 6.34. The average molecular weight is 185 g/mol. The predicted molar refractivity (Wildman–Crippen MR) is 55.9 cm³/mol. The van der Waals surface area contributed by atoms with Gasteiger partial charge in [-0.3, -0.25) is 0 Å². The second-order valence-corrected chi connectivity index (χ2v) is 4.02. The van der Waals surface area contributed by atoms with Gasteiger partial charge in [0.2, 0.25) is 0 Å². The van der Waals surface area contributed by atoms with E-state index in [-0.39, 0.29) is 0 Å². The largest absolute Gasteiger partial charge is 0.380 e. The number of ether oxygens (including phenoxy) is 1. The lowest BCUT2D eigenvalue weighted by Crippen LogP contribution is -2.38. The molecule has 0 heterocycles. The van der Waals surface area contributed by atoms with E-state index in [4.69, 9.17) is 4.74 Å². The molecule has 0 bridgehead atoms. The molecule has 0 spiro atoms. The maximum atomic E-state index is 5.30. The third-order valence-electron chi connectivity index (χ3n) is 2.97. The third-order valence-corrected chi connectivity index (χ3v) is 2.97. The summed E-state index contributed by atoms with van der Waals surface area (Å²) in [5.41, 5.74) is 0. The van der Waals surface area contributed by atoms with Crippen LogP contribution in [0.15, 0.2) is 0 Å². The van der Waals surface area contributed by atoms with Crippen molar-refractivity contribution in [1.29, 1.82) is 0 Å². The van der Waals surface area contributed by atoms with Crippen molar-refractivity contribution in [3.05, 3.63) is 0 Å². The zero-order chi connectivity index (χ0) is 9.52. The molecule has 0 aromatic carbocycles. The Morgan fingerprint density at radius 2 is 2.08 bits per heavy atom. The van der Waals surface area contributed by atoms with E-state index < -0.39 is 0 Å². The molecule has 0 radical (unpaired) electrons. The Morgan fingerprint density at radius 1 is 1.31 bits per heavy atom. The zero-order valence-corrected chi connectivity index (χ0v) is 9.01. The Hall–Kier alpha value is -0.0800. The molecule has 0 aliphatic heterocycles. The molecular weight excluding hydrogens is 162 g/mol. The maximum Gasteiger partial charge on any atom is 0.0590 e. The molecule has 1 aliphatic rings. The van der Waals surface area contributed by atoms with Crippen LogP contribution >= 0.6 is 0 Å². The van der Waals surface area contributed by atoms with Crippen LogP contribution in [0.25, 0.3) is 0 Å². The van der Waals surface area contributed by atoms with Crippen molar-refractivity contribution in [2.45, 2.75) is 45.6 Å². The van der Waals surface area contributed by atoms with Crippen LogP contribution in [0.4, 0.5) is 0 Å². The maximum absolute atomic E-state index is 5.30. The smallest absolute Gasteiger partial charge is 0.0590 e. The molecule has 2 atom stereocenters. The summed E-state index contributed by atoms with van der Waals surface area (Å²) in [6.07, 6.45) is 5.57. The van der Waals surface area contributed by atoms with Gasteiger partial charge in [0.05, 0.1) is 6.61 Å². The molecule has 1 saturated carbocycles. The van der Waals surface area contributed by atoms with Crippen LogP contribution in [-0.4, -0.2) is 25.8 Å². The van der Waals surface area contributed by atoms with Gasteiger partial charge in [-0.25, -0.2) is 0 Å². The number of hydrogen-bond donors (Lipinski definition) is 1. The van der Waals surface area contributed by atoms with Gasteiger partial charge in [0.1, 0.15) is 0 Å². The number of nitrogens with one attached hydrogen (secondary N) is 1. The van der Waals surface area contributed by atoms with Gasteiger partial charge in [-0.1, -0.05) is 19.8 Å². The van der Waals surface area contributed by atoms with Crippen molar-refractivity contribution in [2.24, 2.45) is 5.92 Å². The molecule has 2 nitrogen and oxygen atoms in total. The van der Waals surface area contributed by atoms with E-state index >= 15 is 0 Å². The summed E-state index contributed by atoms with van der Waals surface area (Å²) in [5, 5.41) is 3.58. The normalized spacial score (nSPS) is 29.1. The second-order valence-electron chi connectivity index (χ2n) is 4.02. The van der Waals surface area contributed by atoms with Crippen molar-refractivity contribution in [3.63, 3.8) is 0 Å². The molecule has 0 amide bonds. The summed E-state index contributed by atoms with van der Waals surface area (Å²) in [4.78, 5) is 0. The predicted octanol–water partition coefficient (Wildman–Crippen LogP) is 2.19. The van der Waals surface area contributed by atoms with E-state index in [9.17, 15) is 0 Å². The van der Waals surface area contributed by atoms with Crippen LogP contribution in [-0.2, 0) is 4.74 Å². The summed E-state index contributed by atoms with van der Waals surface area (Å²) in [6, 6.07) is 0.745. The summed E-state index contributed by atoms with van der Waals surface area (Å²) >= 11 is 0. The minimum absolute atomic E-state index is 0.745. The van der Waals surface area contributed by atoms with Gasteiger partial charge < -0.3 is 10.1 Å². The van der Waals surface area contributed by atoms with Crippen LogP contribution in [0, 0.1) is 5.92 Å². The van der Waals surface area contributed by atoms with E-state index in [1.165, 1.54) is 25.7 Å². The summed E-state index contributed by atoms with van der Waals surface area (Å²) < 4.78 is 5.30. The van der Waals surface area contributed by atoms with E-state index in [0.29, 0.717) is 0 Å². The fraction of sp³-hybridized carbons (Fsp3) is 1.00. The molecule has 1 rings (SSSR count). The van der Waals surface area contributed by atoms with E-state index in [0.717, 1.165) is 31.7 Å². The van der Waals surface area contributed by atoms with Crippen molar-refractivity contribution in [2.75, 3.05) is 19.8 Å². The van der Waals surface area contributed by atoms with Gasteiger partial charge in [0.15, 0.2) is 0 Å². The standard InChI is InChI=1S/C11H23NO/c1-3-13-9-8-12-11-7-5-4-6-10(11)2/h10-12H,3-9H2,1-2H3/t10-,11-/m0/s1. The van der Waals surface area contributed by atoms with Gasteiger partial charge in [-0.2, -0.15) is 0 Å². The monoisotopic (exact) mass is 185 g/mol. The van der Waals surface area contributed by atoms with Crippen molar-refractivity contribution >= 4 is 0 Å². The molecule has 0 unspecified atom stereocenters. The Morgan fingerprint density at radius 3 is 2.77 bits per heavy atom. The minimum atomic E-state index is 0.745. The highest BCUT2D eigenvalue weighted by Gasteiger charge is 2.19. The lowest BCUT2D eigenvalue weighted by molar-refractivity contribution is 0.141. The van der Waals surface area contributed by atoms with Crippen molar-refractivity contribution in [1.82, 2.24) is 5.32 Å². The van der Waals surface area contributed by atoms with Crippen molar-refractivity contribution < 1.29 is 4.74 Å². The Bertz CT molecular complexity index is 127. The molecule has 2 heteroatoms. The molecule has 0 aromatic heterocycles. The second kappa shape index (κ2) is 6.39.